The first-order chi connectivity index (χ1) is 15.1. The number of carbonyl (C=O) groups is 1. The van der Waals surface area contributed by atoms with Gasteiger partial charge in [0.05, 0.1) is 28.6 Å². The van der Waals surface area contributed by atoms with Crippen LogP contribution in [0.4, 0.5) is 5.13 Å². The van der Waals surface area contributed by atoms with E-state index >= 15 is 0 Å². The standard InChI is InChI=1S/C20H21N5O3S3/c1-3-16-23-24-19(31-16)22-15(26)11-30-20-21-14-9-10-29-17(14)18(27)25(20)12-5-7-13(8-6-12)28-4-2/h5-8H,3-4,9-11H2,1-2H3,(H,22,24,26). The highest BCUT2D eigenvalue weighted by molar-refractivity contribution is 8.00. The normalized spacial score (nSPS) is 12.6. The van der Waals surface area contributed by atoms with E-state index in [9.17, 15) is 9.59 Å². The molecular weight excluding hydrogens is 454 g/mol. The number of carbonyl (C=O) groups excluding carboxylic acids is 1. The fourth-order valence-corrected chi connectivity index (χ4v) is 5.56. The molecular formula is C20H21N5O3S3. The van der Waals surface area contributed by atoms with E-state index in [0.717, 1.165) is 35.0 Å². The Hall–Kier alpha value is -2.37. The van der Waals surface area contributed by atoms with Crippen molar-refractivity contribution < 1.29 is 9.53 Å². The van der Waals surface area contributed by atoms with Gasteiger partial charge in [0.1, 0.15) is 10.8 Å². The lowest BCUT2D eigenvalue weighted by molar-refractivity contribution is -0.113. The third-order valence-electron chi connectivity index (χ3n) is 4.42. The number of thioether (sulfide) groups is 2. The smallest absolute Gasteiger partial charge is 0.272 e. The van der Waals surface area contributed by atoms with Gasteiger partial charge in [-0.3, -0.25) is 19.5 Å². The molecule has 8 nitrogen and oxygen atoms in total. The molecule has 1 aromatic carbocycles. The molecule has 4 rings (SSSR count). The molecule has 11 heteroatoms. The van der Waals surface area contributed by atoms with Gasteiger partial charge in [-0.1, -0.05) is 30.0 Å². The molecule has 3 heterocycles. The molecule has 3 aromatic rings. The van der Waals surface area contributed by atoms with Crippen molar-refractivity contribution in [3.63, 3.8) is 0 Å². The molecule has 0 atom stereocenters. The number of nitrogens with zero attached hydrogens (tertiary/aromatic N) is 4. The van der Waals surface area contributed by atoms with Crippen molar-refractivity contribution >= 4 is 45.9 Å². The van der Waals surface area contributed by atoms with Crippen LogP contribution < -0.4 is 15.6 Å². The lowest BCUT2D eigenvalue weighted by Crippen LogP contribution is -2.24. The zero-order valence-corrected chi connectivity index (χ0v) is 19.5. The van der Waals surface area contributed by atoms with Crippen LogP contribution in [0.1, 0.15) is 24.5 Å². The lowest BCUT2D eigenvalue weighted by atomic mass is 10.3. The van der Waals surface area contributed by atoms with Gasteiger partial charge in [-0.2, -0.15) is 0 Å². The largest absolute Gasteiger partial charge is 0.494 e. The molecule has 162 valence electrons. The molecule has 0 saturated heterocycles. The zero-order valence-electron chi connectivity index (χ0n) is 17.1. The van der Waals surface area contributed by atoms with E-state index in [1.54, 1.807) is 4.57 Å². The molecule has 0 bridgehead atoms. The summed E-state index contributed by atoms with van der Waals surface area (Å²) in [6, 6.07) is 7.32. The SMILES string of the molecule is CCOc1ccc(-n2c(SCC(=O)Nc3nnc(CC)s3)nc3c(c2=O)SCC3)cc1. The Morgan fingerprint density at radius 2 is 2.06 bits per heavy atom. The quantitative estimate of drug-likeness (QED) is 0.391. The third kappa shape index (κ3) is 4.94. The predicted octanol–water partition coefficient (Wildman–Crippen LogP) is 3.42. The van der Waals surface area contributed by atoms with Crippen LogP contribution in [0.25, 0.3) is 5.69 Å². The second-order valence-electron chi connectivity index (χ2n) is 6.53. The molecule has 0 fully saturated rings. The fourth-order valence-electron chi connectivity index (χ4n) is 3.01. The molecule has 0 saturated carbocycles. The first-order valence-electron chi connectivity index (χ1n) is 9.86. The molecule has 2 aromatic heterocycles. The van der Waals surface area contributed by atoms with Crippen LogP contribution in [0.3, 0.4) is 0 Å². The summed E-state index contributed by atoms with van der Waals surface area (Å²) < 4.78 is 7.08. The first-order valence-corrected chi connectivity index (χ1v) is 12.6. The molecule has 1 aliphatic rings. The number of rotatable bonds is 8. The molecule has 31 heavy (non-hydrogen) atoms. The summed E-state index contributed by atoms with van der Waals surface area (Å²) in [5, 5.41) is 12.6. The summed E-state index contributed by atoms with van der Waals surface area (Å²) in [4.78, 5) is 31.0. The average Bonchev–Trinajstić information content (AvgIpc) is 3.43. The van der Waals surface area contributed by atoms with Crippen molar-refractivity contribution in [1.29, 1.82) is 0 Å². The van der Waals surface area contributed by atoms with Crippen LogP contribution in [-0.2, 0) is 17.6 Å². The molecule has 0 radical (unpaired) electrons. The van der Waals surface area contributed by atoms with Crippen molar-refractivity contribution in [1.82, 2.24) is 19.7 Å². The summed E-state index contributed by atoms with van der Waals surface area (Å²) >= 11 is 4.12. The molecule has 0 aliphatic carbocycles. The van der Waals surface area contributed by atoms with Gasteiger partial charge < -0.3 is 4.74 Å². The Morgan fingerprint density at radius 3 is 2.77 bits per heavy atom. The highest BCUT2D eigenvalue weighted by Gasteiger charge is 2.23. The van der Waals surface area contributed by atoms with Crippen molar-refractivity contribution in [3.8, 4) is 11.4 Å². The highest BCUT2D eigenvalue weighted by Crippen LogP contribution is 2.30. The number of benzene rings is 1. The van der Waals surface area contributed by atoms with Crippen LogP contribution in [0, 0.1) is 0 Å². The number of hydrogen-bond donors (Lipinski definition) is 1. The highest BCUT2D eigenvalue weighted by atomic mass is 32.2. The van der Waals surface area contributed by atoms with Crippen LogP contribution in [0.2, 0.25) is 0 Å². The van der Waals surface area contributed by atoms with E-state index in [4.69, 9.17) is 9.72 Å². The van der Waals surface area contributed by atoms with Crippen molar-refractivity contribution in [2.45, 2.75) is 36.7 Å². The Kier molecular flexibility index (Phi) is 6.93. The number of anilines is 1. The van der Waals surface area contributed by atoms with E-state index in [1.165, 1.54) is 34.9 Å². The second-order valence-corrected chi connectivity index (χ2v) is 9.64. The fraction of sp³-hybridized carbons (Fsp3) is 0.350. The van der Waals surface area contributed by atoms with Gasteiger partial charge in [0, 0.05) is 12.2 Å². The minimum Gasteiger partial charge on any atom is -0.494 e. The minimum absolute atomic E-state index is 0.101. The summed E-state index contributed by atoms with van der Waals surface area (Å²) in [6.45, 7) is 4.48. The topological polar surface area (TPSA) is 99.0 Å². The van der Waals surface area contributed by atoms with Gasteiger partial charge in [-0.15, -0.1) is 22.0 Å². The van der Waals surface area contributed by atoms with E-state index < -0.39 is 0 Å². The van der Waals surface area contributed by atoms with Gasteiger partial charge in [0.2, 0.25) is 11.0 Å². The first kappa shape index (κ1) is 21.8. The molecule has 1 aliphatic heterocycles. The number of nitrogens with one attached hydrogen (secondary N) is 1. The Morgan fingerprint density at radius 1 is 1.26 bits per heavy atom. The number of amides is 1. The number of aryl methyl sites for hydroxylation is 2. The van der Waals surface area contributed by atoms with Gasteiger partial charge in [0.15, 0.2) is 5.16 Å². The van der Waals surface area contributed by atoms with Crippen LogP contribution in [-0.4, -0.2) is 43.8 Å². The zero-order chi connectivity index (χ0) is 21.8. The van der Waals surface area contributed by atoms with Crippen LogP contribution in [0.15, 0.2) is 39.1 Å². The number of fused-ring (bicyclic) bond motifs is 1. The average molecular weight is 476 g/mol. The van der Waals surface area contributed by atoms with Gasteiger partial charge in [0.25, 0.3) is 5.56 Å². The second kappa shape index (κ2) is 9.84. The van der Waals surface area contributed by atoms with Crippen molar-refractivity contribution in [2.75, 3.05) is 23.4 Å². The van der Waals surface area contributed by atoms with E-state index in [2.05, 4.69) is 15.5 Å². The Labute approximate surface area is 191 Å². The molecule has 0 unspecified atom stereocenters. The number of aromatic nitrogens is 4. The van der Waals surface area contributed by atoms with E-state index in [0.29, 0.717) is 27.5 Å². The predicted molar refractivity (Wildman–Crippen MR) is 124 cm³/mol. The van der Waals surface area contributed by atoms with Crippen molar-refractivity contribution in [2.24, 2.45) is 0 Å². The molecule has 1 N–H and O–H groups in total. The van der Waals surface area contributed by atoms with Crippen molar-refractivity contribution in [3.05, 3.63) is 45.3 Å². The molecule has 1 amide bonds. The lowest BCUT2D eigenvalue weighted by Gasteiger charge is -2.14. The third-order valence-corrected chi connectivity index (χ3v) is 7.45. The van der Waals surface area contributed by atoms with Gasteiger partial charge in [-0.05, 0) is 37.6 Å². The summed E-state index contributed by atoms with van der Waals surface area (Å²) in [5.74, 6) is 1.47. The monoisotopic (exact) mass is 475 g/mol. The van der Waals surface area contributed by atoms with Crippen LogP contribution >= 0.6 is 34.9 Å². The van der Waals surface area contributed by atoms with Gasteiger partial charge in [-0.25, -0.2) is 4.98 Å². The maximum Gasteiger partial charge on any atom is 0.272 e. The maximum atomic E-state index is 13.2. The summed E-state index contributed by atoms with van der Waals surface area (Å²) in [6.07, 6.45) is 1.53. The minimum atomic E-state index is -0.217. The summed E-state index contributed by atoms with van der Waals surface area (Å²) in [7, 11) is 0. The maximum absolute atomic E-state index is 13.2. The van der Waals surface area contributed by atoms with Crippen LogP contribution in [0.5, 0.6) is 5.75 Å². The Bertz CT molecular complexity index is 1140. The Balaban J connectivity index is 1.58. The summed E-state index contributed by atoms with van der Waals surface area (Å²) in [5.41, 5.74) is 1.39. The molecule has 0 spiro atoms. The van der Waals surface area contributed by atoms with Gasteiger partial charge >= 0.3 is 0 Å². The van der Waals surface area contributed by atoms with E-state index in [-0.39, 0.29) is 17.2 Å². The number of ether oxygens (including phenoxy) is 1. The number of hydrogen-bond acceptors (Lipinski definition) is 9. The van der Waals surface area contributed by atoms with E-state index in [1.807, 2.05) is 38.1 Å².